The highest BCUT2D eigenvalue weighted by atomic mass is 79.9. The second kappa shape index (κ2) is 10.1. The van der Waals surface area contributed by atoms with Gasteiger partial charge in [-0.25, -0.2) is 4.79 Å². The van der Waals surface area contributed by atoms with E-state index in [9.17, 15) is 9.90 Å². The Bertz CT molecular complexity index is 1400. The second-order valence-corrected chi connectivity index (χ2v) is 9.94. The molecule has 2 aromatic carbocycles. The van der Waals surface area contributed by atoms with E-state index in [0.29, 0.717) is 29.7 Å². The Kier molecular flexibility index (Phi) is 7.15. The maximum atomic E-state index is 13.3. The number of aliphatic hydroxyl groups is 1. The van der Waals surface area contributed by atoms with Crippen LogP contribution in [0.25, 0.3) is 22.2 Å². The first-order chi connectivity index (χ1) is 16.7. The van der Waals surface area contributed by atoms with Gasteiger partial charge >= 0.3 is 5.69 Å². The summed E-state index contributed by atoms with van der Waals surface area (Å²) in [5.41, 5.74) is 3.01. The molecule has 1 aliphatic rings. The molecule has 0 radical (unpaired) electrons. The van der Waals surface area contributed by atoms with Crippen molar-refractivity contribution in [2.45, 2.75) is 30.8 Å². The number of aromatic nitrogens is 2. The zero-order chi connectivity index (χ0) is 25.2. The van der Waals surface area contributed by atoms with E-state index in [0.717, 1.165) is 16.5 Å². The lowest BCUT2D eigenvalue weighted by Gasteiger charge is -2.26. The average molecular weight is 535 g/mol. The molecule has 1 aliphatic carbocycles. The molecule has 2 atom stereocenters. The Labute approximate surface area is 213 Å². The number of fused-ring (bicyclic) bond motifs is 1. The highest BCUT2D eigenvalue weighted by Crippen LogP contribution is 2.34. The van der Waals surface area contributed by atoms with Crippen molar-refractivity contribution in [1.82, 2.24) is 9.55 Å². The summed E-state index contributed by atoms with van der Waals surface area (Å²) in [5.74, 6) is 3.66. The van der Waals surface area contributed by atoms with Gasteiger partial charge in [0, 0.05) is 23.4 Å². The van der Waals surface area contributed by atoms with Crippen molar-refractivity contribution in [3.8, 4) is 29.4 Å². The number of terminal acetylenes is 1. The third-order valence-corrected chi connectivity index (χ3v) is 6.67. The van der Waals surface area contributed by atoms with E-state index in [4.69, 9.17) is 15.9 Å². The maximum Gasteiger partial charge on any atom is 0.348 e. The van der Waals surface area contributed by atoms with Gasteiger partial charge in [-0.3, -0.25) is 4.57 Å². The standard InChI is InChI=1S/C28H27BrN2O4/c1-5-14-35-22-10-11-24-23(16-22)26(21-8-6-20(7-9-21)18(2)3)30-27(32)31(24)17-19-12-13-28(29,33)25(15-19)34-4/h1,6-13,15-16,18-19,33H,14,17H2,2-4H3. The Morgan fingerprint density at radius 2 is 2.00 bits per heavy atom. The number of allylic oxidation sites excluding steroid dienone is 2. The molecule has 7 heteroatoms. The monoisotopic (exact) mass is 534 g/mol. The van der Waals surface area contributed by atoms with Gasteiger partial charge in [-0.15, -0.1) is 6.42 Å². The van der Waals surface area contributed by atoms with Gasteiger partial charge in [0.25, 0.3) is 0 Å². The van der Waals surface area contributed by atoms with Gasteiger partial charge in [0.2, 0.25) is 0 Å². The zero-order valence-electron chi connectivity index (χ0n) is 19.9. The quantitative estimate of drug-likeness (QED) is 0.262. The molecule has 0 fully saturated rings. The summed E-state index contributed by atoms with van der Waals surface area (Å²) in [6.07, 6.45) is 10.6. The summed E-state index contributed by atoms with van der Waals surface area (Å²) >= 11 is 3.23. The fourth-order valence-electron chi connectivity index (χ4n) is 4.13. The van der Waals surface area contributed by atoms with E-state index in [1.807, 2.05) is 30.3 Å². The predicted octanol–water partition coefficient (Wildman–Crippen LogP) is 5.00. The van der Waals surface area contributed by atoms with Gasteiger partial charge in [-0.1, -0.05) is 50.1 Å². The Morgan fingerprint density at radius 1 is 1.26 bits per heavy atom. The third kappa shape index (κ3) is 5.19. The minimum Gasteiger partial charge on any atom is -0.497 e. The molecule has 6 nitrogen and oxygen atoms in total. The zero-order valence-corrected chi connectivity index (χ0v) is 21.5. The summed E-state index contributed by atoms with van der Waals surface area (Å²) < 4.78 is 11.2. The summed E-state index contributed by atoms with van der Waals surface area (Å²) in [6, 6.07) is 13.6. The number of hydrogen-bond acceptors (Lipinski definition) is 5. The first-order valence-corrected chi connectivity index (χ1v) is 12.1. The van der Waals surface area contributed by atoms with Gasteiger partial charge in [0.1, 0.15) is 18.1 Å². The van der Waals surface area contributed by atoms with Crippen molar-refractivity contribution in [2.75, 3.05) is 13.7 Å². The van der Waals surface area contributed by atoms with Gasteiger partial charge in [0.15, 0.2) is 4.51 Å². The van der Waals surface area contributed by atoms with Crippen LogP contribution in [0.15, 0.2) is 71.2 Å². The predicted molar refractivity (Wildman–Crippen MR) is 141 cm³/mol. The van der Waals surface area contributed by atoms with E-state index >= 15 is 0 Å². The Hall–Kier alpha value is -3.34. The lowest BCUT2D eigenvalue weighted by Crippen LogP contribution is -2.30. The lowest BCUT2D eigenvalue weighted by atomic mass is 9.98. The van der Waals surface area contributed by atoms with Gasteiger partial charge in [-0.2, -0.15) is 4.98 Å². The van der Waals surface area contributed by atoms with E-state index in [1.54, 1.807) is 22.8 Å². The fourth-order valence-corrected chi connectivity index (χ4v) is 4.58. The molecule has 1 aromatic heterocycles. The summed E-state index contributed by atoms with van der Waals surface area (Å²) in [7, 11) is 1.49. The molecule has 0 spiro atoms. The first kappa shape index (κ1) is 24.8. The number of benzene rings is 2. The van der Waals surface area contributed by atoms with Gasteiger partial charge in [0.05, 0.1) is 18.3 Å². The number of rotatable bonds is 7. The number of alkyl halides is 1. The first-order valence-electron chi connectivity index (χ1n) is 11.3. The molecule has 0 amide bonds. The molecule has 1 N–H and O–H groups in total. The number of ether oxygens (including phenoxy) is 2. The molecule has 180 valence electrons. The van der Waals surface area contributed by atoms with Crippen molar-refractivity contribution < 1.29 is 14.6 Å². The van der Waals surface area contributed by atoms with Crippen molar-refractivity contribution in [1.29, 1.82) is 0 Å². The van der Waals surface area contributed by atoms with Crippen LogP contribution in [0.4, 0.5) is 0 Å². The molecule has 0 saturated carbocycles. The van der Waals surface area contributed by atoms with Crippen molar-refractivity contribution in [3.63, 3.8) is 0 Å². The molecule has 1 heterocycles. The van der Waals surface area contributed by atoms with Crippen LogP contribution in [0.5, 0.6) is 5.75 Å². The van der Waals surface area contributed by atoms with Gasteiger partial charge in [-0.05, 0) is 57.8 Å². The number of nitrogens with zero attached hydrogens (tertiary/aromatic N) is 2. The van der Waals surface area contributed by atoms with Crippen LogP contribution in [0, 0.1) is 18.3 Å². The molecule has 0 aliphatic heterocycles. The SMILES string of the molecule is C#CCOc1ccc2c(c1)c(-c1ccc(C(C)C)cc1)nc(=O)n2CC1C=CC(O)(Br)C(OC)=C1. The van der Waals surface area contributed by atoms with Crippen LogP contribution in [0.1, 0.15) is 25.3 Å². The number of halogens is 1. The molecule has 35 heavy (non-hydrogen) atoms. The highest BCUT2D eigenvalue weighted by Gasteiger charge is 2.31. The van der Waals surface area contributed by atoms with Crippen LogP contribution < -0.4 is 10.4 Å². The molecular formula is C28H27BrN2O4. The Morgan fingerprint density at radius 3 is 2.66 bits per heavy atom. The molecule has 0 saturated heterocycles. The van der Waals surface area contributed by atoms with Crippen LogP contribution >= 0.6 is 15.9 Å². The van der Waals surface area contributed by atoms with Gasteiger partial charge < -0.3 is 14.6 Å². The van der Waals surface area contributed by atoms with E-state index in [-0.39, 0.29) is 18.2 Å². The molecule has 2 unspecified atom stereocenters. The minimum absolute atomic E-state index is 0.143. The number of methoxy groups -OCH3 is 1. The molecule has 0 bridgehead atoms. The largest absolute Gasteiger partial charge is 0.497 e. The van der Waals surface area contributed by atoms with Crippen molar-refractivity contribution in [3.05, 3.63) is 82.5 Å². The van der Waals surface area contributed by atoms with Crippen molar-refractivity contribution >= 4 is 26.8 Å². The average Bonchev–Trinajstić information content (AvgIpc) is 2.85. The van der Waals surface area contributed by atoms with E-state index in [1.165, 1.54) is 12.7 Å². The maximum absolute atomic E-state index is 13.3. The Balaban J connectivity index is 1.83. The summed E-state index contributed by atoms with van der Waals surface area (Å²) in [6.45, 7) is 4.74. The van der Waals surface area contributed by atoms with Crippen LogP contribution in [0.3, 0.4) is 0 Å². The molecular weight excluding hydrogens is 508 g/mol. The molecule has 3 aromatic rings. The van der Waals surface area contributed by atoms with E-state index < -0.39 is 4.51 Å². The fraction of sp³-hybridized carbons (Fsp3) is 0.286. The van der Waals surface area contributed by atoms with Crippen molar-refractivity contribution in [2.24, 2.45) is 5.92 Å². The lowest BCUT2D eigenvalue weighted by molar-refractivity contribution is 0.136. The highest BCUT2D eigenvalue weighted by molar-refractivity contribution is 9.10. The summed E-state index contributed by atoms with van der Waals surface area (Å²) in [5, 5.41) is 11.2. The normalized spacial score (nSPS) is 19.5. The number of hydrogen-bond donors (Lipinski definition) is 1. The minimum atomic E-state index is -1.36. The second-order valence-electron chi connectivity index (χ2n) is 8.73. The smallest absolute Gasteiger partial charge is 0.348 e. The summed E-state index contributed by atoms with van der Waals surface area (Å²) in [4.78, 5) is 17.7. The third-order valence-electron chi connectivity index (χ3n) is 6.01. The molecule has 4 rings (SSSR count). The van der Waals surface area contributed by atoms with Crippen LogP contribution in [-0.4, -0.2) is 32.9 Å². The van der Waals surface area contributed by atoms with Crippen LogP contribution in [-0.2, 0) is 11.3 Å². The topological polar surface area (TPSA) is 73.6 Å². The van der Waals surface area contributed by atoms with E-state index in [2.05, 4.69) is 52.8 Å². The van der Waals surface area contributed by atoms with Crippen LogP contribution in [0.2, 0.25) is 0 Å².